The van der Waals surface area contributed by atoms with Crippen molar-refractivity contribution in [2.24, 2.45) is 0 Å². The molecule has 0 heterocycles. The van der Waals surface area contributed by atoms with E-state index >= 15 is 0 Å². The summed E-state index contributed by atoms with van der Waals surface area (Å²) in [6, 6.07) is 6.61. The van der Waals surface area contributed by atoms with Gasteiger partial charge in [-0.3, -0.25) is 4.79 Å². The fourth-order valence-electron chi connectivity index (χ4n) is 2.67. The summed E-state index contributed by atoms with van der Waals surface area (Å²) in [4.78, 5) is 22.9. The Morgan fingerprint density at radius 3 is 2.36 bits per heavy atom. The summed E-state index contributed by atoms with van der Waals surface area (Å²) in [7, 11) is 1.58. The number of methoxy groups -OCH3 is 1. The highest BCUT2D eigenvalue weighted by Crippen LogP contribution is 2.32. The van der Waals surface area contributed by atoms with Gasteiger partial charge in [0.15, 0.2) is 6.61 Å². The van der Waals surface area contributed by atoms with Crippen LogP contribution in [0.15, 0.2) is 24.3 Å². The lowest BCUT2D eigenvalue weighted by molar-refractivity contribution is -0.141. The van der Waals surface area contributed by atoms with Crippen LogP contribution in [0.1, 0.15) is 32.1 Å². The molecule has 6 heteroatoms. The van der Waals surface area contributed by atoms with Crippen molar-refractivity contribution in [3.63, 3.8) is 0 Å². The molecule has 1 aromatic rings. The molecule has 0 bridgehead atoms. The molecule has 0 saturated heterocycles. The van der Waals surface area contributed by atoms with Crippen LogP contribution in [-0.2, 0) is 14.3 Å². The van der Waals surface area contributed by atoms with Crippen molar-refractivity contribution in [1.82, 2.24) is 0 Å². The molecule has 0 spiro atoms. The maximum absolute atomic E-state index is 12.5. The molecule has 1 fully saturated rings. The zero-order valence-electron chi connectivity index (χ0n) is 12.6. The lowest BCUT2D eigenvalue weighted by Gasteiger charge is -2.34. The van der Waals surface area contributed by atoms with Gasteiger partial charge in [0.25, 0.3) is 5.91 Å². The third kappa shape index (κ3) is 3.98. The van der Waals surface area contributed by atoms with E-state index in [1.807, 2.05) is 0 Å². The molecule has 0 aromatic heterocycles. The molecule has 120 valence electrons. The molecule has 0 radical (unpaired) electrons. The molecule has 22 heavy (non-hydrogen) atoms. The highest BCUT2D eigenvalue weighted by Gasteiger charge is 2.39. The average Bonchev–Trinajstić information content (AvgIpc) is 2.54. The van der Waals surface area contributed by atoms with Crippen LogP contribution in [0.5, 0.6) is 5.75 Å². The quantitative estimate of drug-likeness (QED) is 0.843. The zero-order valence-corrected chi connectivity index (χ0v) is 12.6. The molecule has 2 N–H and O–H groups in total. The van der Waals surface area contributed by atoms with Crippen LogP contribution < -0.4 is 10.1 Å². The van der Waals surface area contributed by atoms with Crippen molar-refractivity contribution >= 4 is 17.6 Å². The third-order valence-corrected chi connectivity index (χ3v) is 3.94. The van der Waals surface area contributed by atoms with Gasteiger partial charge in [-0.1, -0.05) is 19.3 Å². The monoisotopic (exact) mass is 307 g/mol. The first-order valence-corrected chi connectivity index (χ1v) is 7.37. The van der Waals surface area contributed by atoms with E-state index in [0.29, 0.717) is 11.4 Å². The summed E-state index contributed by atoms with van der Waals surface area (Å²) < 4.78 is 10.5. The molecule has 6 nitrogen and oxygen atoms in total. The minimum Gasteiger partial charge on any atom is -0.482 e. The summed E-state index contributed by atoms with van der Waals surface area (Å²) in [6.07, 6.45) is 4.57. The van der Waals surface area contributed by atoms with Crippen molar-refractivity contribution in [2.45, 2.75) is 37.7 Å². The van der Waals surface area contributed by atoms with Gasteiger partial charge in [0.1, 0.15) is 11.4 Å². The molecular weight excluding hydrogens is 286 g/mol. The van der Waals surface area contributed by atoms with Crippen LogP contribution in [0.2, 0.25) is 0 Å². The highest BCUT2D eigenvalue weighted by atomic mass is 16.5. The lowest BCUT2D eigenvalue weighted by Crippen LogP contribution is -2.46. The van der Waals surface area contributed by atoms with E-state index < -0.39 is 18.2 Å². The average molecular weight is 307 g/mol. The number of aliphatic carboxylic acids is 1. The topological polar surface area (TPSA) is 84.9 Å². The van der Waals surface area contributed by atoms with Gasteiger partial charge < -0.3 is 19.9 Å². The normalized spacial score (nSPS) is 16.8. The SMILES string of the molecule is COC1(C(=O)Nc2ccc(OCC(=O)O)cc2)CCCCC1. The van der Waals surface area contributed by atoms with Crippen molar-refractivity contribution < 1.29 is 24.2 Å². The predicted octanol–water partition coefficient (Wildman–Crippen LogP) is 2.44. The minimum absolute atomic E-state index is 0.131. The number of nitrogens with one attached hydrogen (secondary N) is 1. The zero-order chi connectivity index (χ0) is 16.0. The van der Waals surface area contributed by atoms with Crippen molar-refractivity contribution in [3.8, 4) is 5.75 Å². The first-order chi connectivity index (χ1) is 10.6. The second-order valence-electron chi connectivity index (χ2n) is 5.42. The Kier molecular flexibility index (Phi) is 5.38. The Bertz CT molecular complexity index is 520. The van der Waals surface area contributed by atoms with Crippen LogP contribution in [0.3, 0.4) is 0 Å². The fourth-order valence-corrected chi connectivity index (χ4v) is 2.67. The summed E-state index contributed by atoms with van der Waals surface area (Å²) in [5.74, 6) is -0.717. The Balaban J connectivity index is 1.97. The van der Waals surface area contributed by atoms with E-state index in [-0.39, 0.29) is 5.91 Å². The van der Waals surface area contributed by atoms with Crippen LogP contribution in [0.4, 0.5) is 5.69 Å². The van der Waals surface area contributed by atoms with Gasteiger partial charge in [0.2, 0.25) is 0 Å². The number of carbonyl (C=O) groups is 2. The van der Waals surface area contributed by atoms with Crippen LogP contribution in [0, 0.1) is 0 Å². The summed E-state index contributed by atoms with van der Waals surface area (Å²) in [5, 5.41) is 11.4. The van der Waals surface area contributed by atoms with Gasteiger partial charge >= 0.3 is 5.97 Å². The number of hydrogen-bond acceptors (Lipinski definition) is 4. The standard InChI is InChI=1S/C16H21NO5/c1-21-16(9-3-2-4-10-16)15(20)17-12-5-7-13(8-6-12)22-11-14(18)19/h5-8H,2-4,9-11H2,1H3,(H,17,20)(H,18,19). The van der Waals surface area contributed by atoms with E-state index in [4.69, 9.17) is 14.6 Å². The molecule has 2 rings (SSSR count). The Morgan fingerprint density at radius 2 is 1.82 bits per heavy atom. The number of benzene rings is 1. The summed E-state index contributed by atoms with van der Waals surface area (Å²) >= 11 is 0. The number of amides is 1. The first kappa shape index (κ1) is 16.3. The smallest absolute Gasteiger partial charge is 0.341 e. The lowest BCUT2D eigenvalue weighted by atomic mass is 9.84. The number of rotatable bonds is 6. The van der Waals surface area contributed by atoms with Gasteiger partial charge in [0.05, 0.1) is 0 Å². The number of anilines is 1. The van der Waals surface area contributed by atoms with Crippen LogP contribution in [-0.4, -0.2) is 36.3 Å². The molecule has 1 amide bonds. The number of ether oxygens (including phenoxy) is 2. The van der Waals surface area contributed by atoms with E-state index in [1.165, 1.54) is 0 Å². The van der Waals surface area contributed by atoms with Gasteiger partial charge in [-0.15, -0.1) is 0 Å². The number of hydrogen-bond donors (Lipinski definition) is 2. The third-order valence-electron chi connectivity index (χ3n) is 3.94. The molecule has 0 unspecified atom stereocenters. The van der Waals surface area contributed by atoms with Crippen LogP contribution in [0.25, 0.3) is 0 Å². The van der Waals surface area contributed by atoms with Crippen molar-refractivity contribution in [2.75, 3.05) is 19.0 Å². The largest absolute Gasteiger partial charge is 0.482 e. The van der Waals surface area contributed by atoms with Gasteiger partial charge in [0, 0.05) is 12.8 Å². The maximum atomic E-state index is 12.5. The molecule has 1 aliphatic carbocycles. The fraction of sp³-hybridized carbons (Fsp3) is 0.500. The van der Waals surface area contributed by atoms with E-state index in [0.717, 1.165) is 32.1 Å². The van der Waals surface area contributed by atoms with E-state index in [1.54, 1.807) is 31.4 Å². The molecule has 1 aliphatic rings. The second-order valence-corrected chi connectivity index (χ2v) is 5.42. The number of carboxylic acids is 1. The summed E-state index contributed by atoms with van der Waals surface area (Å²) in [6.45, 7) is -0.390. The second kappa shape index (κ2) is 7.26. The molecular formula is C16H21NO5. The minimum atomic E-state index is -1.03. The molecule has 1 aromatic carbocycles. The number of carbonyl (C=O) groups excluding carboxylic acids is 1. The van der Waals surface area contributed by atoms with Gasteiger partial charge in [-0.2, -0.15) is 0 Å². The summed E-state index contributed by atoms with van der Waals surface area (Å²) in [5.41, 5.74) is -0.105. The Morgan fingerprint density at radius 1 is 1.18 bits per heavy atom. The predicted molar refractivity (Wildman–Crippen MR) is 81.0 cm³/mol. The molecule has 1 saturated carbocycles. The Labute approximate surface area is 129 Å². The molecule has 0 atom stereocenters. The molecule has 0 aliphatic heterocycles. The number of carboxylic acid groups (broad SMARTS) is 1. The van der Waals surface area contributed by atoms with E-state index in [9.17, 15) is 9.59 Å². The van der Waals surface area contributed by atoms with Crippen molar-refractivity contribution in [1.29, 1.82) is 0 Å². The van der Waals surface area contributed by atoms with Crippen molar-refractivity contribution in [3.05, 3.63) is 24.3 Å². The van der Waals surface area contributed by atoms with Crippen LogP contribution >= 0.6 is 0 Å². The Hall–Kier alpha value is -2.08. The highest BCUT2D eigenvalue weighted by molar-refractivity contribution is 5.97. The van der Waals surface area contributed by atoms with Gasteiger partial charge in [-0.25, -0.2) is 4.79 Å². The van der Waals surface area contributed by atoms with E-state index in [2.05, 4.69) is 5.32 Å². The maximum Gasteiger partial charge on any atom is 0.341 e. The first-order valence-electron chi connectivity index (χ1n) is 7.37. The van der Waals surface area contributed by atoms with Gasteiger partial charge in [-0.05, 0) is 37.1 Å².